The van der Waals surface area contributed by atoms with E-state index >= 15 is 0 Å². The van der Waals surface area contributed by atoms with E-state index < -0.39 is 5.91 Å². The van der Waals surface area contributed by atoms with Crippen molar-refractivity contribution in [3.05, 3.63) is 48.3 Å². The molecule has 1 N–H and O–H groups in total. The molecule has 106 valence electrons. The fourth-order valence-corrected chi connectivity index (χ4v) is 1.69. The summed E-state index contributed by atoms with van der Waals surface area (Å²) in [5.41, 5.74) is 4.10. The maximum absolute atomic E-state index is 11.1. The fourth-order valence-electron chi connectivity index (χ4n) is 1.69. The summed E-state index contributed by atoms with van der Waals surface area (Å²) in [6, 6.07) is 11.3. The Balaban J connectivity index is 2.02. The summed E-state index contributed by atoms with van der Waals surface area (Å²) in [4.78, 5) is 11.1. The molecule has 1 heterocycles. The molecule has 1 aromatic carbocycles. The Morgan fingerprint density at radius 3 is 2.86 bits per heavy atom. The van der Waals surface area contributed by atoms with Crippen molar-refractivity contribution in [2.45, 2.75) is 6.42 Å². The Morgan fingerprint density at radius 1 is 1.43 bits per heavy atom. The van der Waals surface area contributed by atoms with Crippen LogP contribution >= 0.6 is 0 Å². The number of ether oxygens (including phenoxy) is 1. The quantitative estimate of drug-likeness (QED) is 0.671. The van der Waals surface area contributed by atoms with Crippen LogP contribution in [0.4, 0.5) is 0 Å². The van der Waals surface area contributed by atoms with Gasteiger partial charge in [0.1, 0.15) is 12.2 Å². The van der Waals surface area contributed by atoms with Crippen LogP contribution in [0, 0.1) is 11.3 Å². The predicted octanol–water partition coefficient (Wildman–Crippen LogP) is 1.85. The maximum atomic E-state index is 11.1. The SMILES string of the molecule is COc1ccc(-n2ccc(/C=N\NC(=O)CC#N)c2)cc1. The van der Waals surface area contributed by atoms with Crippen molar-refractivity contribution in [3.63, 3.8) is 0 Å². The summed E-state index contributed by atoms with van der Waals surface area (Å²) in [6.07, 6.45) is 5.08. The molecular weight excluding hydrogens is 268 g/mol. The minimum absolute atomic E-state index is 0.204. The van der Waals surface area contributed by atoms with Gasteiger partial charge in [-0.05, 0) is 30.3 Å². The molecule has 0 unspecified atom stereocenters. The Hall–Kier alpha value is -3.07. The average molecular weight is 282 g/mol. The molecule has 0 saturated carbocycles. The molecule has 0 aliphatic heterocycles. The average Bonchev–Trinajstić information content (AvgIpc) is 2.96. The number of aromatic nitrogens is 1. The van der Waals surface area contributed by atoms with Gasteiger partial charge in [0, 0.05) is 23.6 Å². The van der Waals surface area contributed by atoms with Gasteiger partial charge in [0.05, 0.1) is 19.4 Å². The molecule has 2 aromatic rings. The number of nitriles is 1. The van der Waals surface area contributed by atoms with Crippen LogP contribution in [-0.4, -0.2) is 23.8 Å². The lowest BCUT2D eigenvalue weighted by Crippen LogP contribution is -2.16. The van der Waals surface area contributed by atoms with Gasteiger partial charge in [-0.25, -0.2) is 5.43 Å². The molecule has 0 aliphatic rings. The minimum atomic E-state index is -0.427. The van der Waals surface area contributed by atoms with Gasteiger partial charge in [0.2, 0.25) is 0 Å². The zero-order chi connectivity index (χ0) is 15.1. The summed E-state index contributed by atoms with van der Waals surface area (Å²) < 4.78 is 7.04. The second-order valence-electron chi connectivity index (χ2n) is 4.18. The minimum Gasteiger partial charge on any atom is -0.497 e. The first-order valence-corrected chi connectivity index (χ1v) is 6.24. The van der Waals surface area contributed by atoms with Gasteiger partial charge in [-0.15, -0.1) is 0 Å². The van der Waals surface area contributed by atoms with E-state index in [2.05, 4.69) is 10.5 Å². The number of amides is 1. The number of carbonyl (C=O) groups is 1. The Morgan fingerprint density at radius 2 is 2.19 bits per heavy atom. The van der Waals surface area contributed by atoms with E-state index in [-0.39, 0.29) is 6.42 Å². The number of rotatable bonds is 5. The molecule has 21 heavy (non-hydrogen) atoms. The van der Waals surface area contributed by atoms with Crippen molar-refractivity contribution < 1.29 is 9.53 Å². The molecule has 0 spiro atoms. The van der Waals surface area contributed by atoms with E-state index in [9.17, 15) is 4.79 Å². The van der Waals surface area contributed by atoms with Crippen LogP contribution in [0.5, 0.6) is 5.75 Å². The largest absolute Gasteiger partial charge is 0.497 e. The first-order valence-electron chi connectivity index (χ1n) is 6.24. The third-order valence-electron chi connectivity index (χ3n) is 2.73. The second kappa shape index (κ2) is 6.91. The molecule has 2 rings (SSSR count). The van der Waals surface area contributed by atoms with Crippen LogP contribution in [0.25, 0.3) is 5.69 Å². The van der Waals surface area contributed by atoms with E-state index in [1.807, 2.05) is 47.3 Å². The van der Waals surface area contributed by atoms with Crippen LogP contribution in [0.3, 0.4) is 0 Å². The van der Waals surface area contributed by atoms with Crippen molar-refractivity contribution in [1.82, 2.24) is 9.99 Å². The van der Waals surface area contributed by atoms with Gasteiger partial charge in [0.25, 0.3) is 5.91 Å². The third-order valence-corrected chi connectivity index (χ3v) is 2.73. The lowest BCUT2D eigenvalue weighted by Gasteiger charge is -2.04. The molecule has 0 atom stereocenters. The molecule has 0 saturated heterocycles. The van der Waals surface area contributed by atoms with E-state index in [0.29, 0.717) is 0 Å². The van der Waals surface area contributed by atoms with E-state index in [0.717, 1.165) is 17.0 Å². The highest BCUT2D eigenvalue weighted by Crippen LogP contribution is 2.15. The summed E-state index contributed by atoms with van der Waals surface area (Å²) in [7, 11) is 1.62. The van der Waals surface area contributed by atoms with Crippen molar-refractivity contribution >= 4 is 12.1 Å². The first-order chi connectivity index (χ1) is 10.2. The Bertz CT molecular complexity index is 680. The molecular formula is C15H14N4O2. The van der Waals surface area contributed by atoms with Gasteiger partial charge in [-0.2, -0.15) is 10.4 Å². The maximum Gasteiger partial charge on any atom is 0.254 e. The summed E-state index contributed by atoms with van der Waals surface area (Å²) in [5.74, 6) is 0.372. The van der Waals surface area contributed by atoms with Crippen molar-refractivity contribution in [1.29, 1.82) is 5.26 Å². The standard InChI is InChI=1S/C15H14N4O2/c1-21-14-4-2-13(3-5-14)19-9-7-12(11-19)10-17-18-15(20)6-8-16/h2-5,7,9-11H,6H2,1H3,(H,18,20)/b17-10-. The fraction of sp³-hybridized carbons (Fsp3) is 0.133. The molecule has 0 fully saturated rings. The zero-order valence-electron chi connectivity index (χ0n) is 11.5. The van der Waals surface area contributed by atoms with Crippen LogP contribution < -0.4 is 10.2 Å². The van der Waals surface area contributed by atoms with Gasteiger partial charge in [-0.3, -0.25) is 4.79 Å². The van der Waals surface area contributed by atoms with Gasteiger partial charge >= 0.3 is 0 Å². The molecule has 0 aliphatic carbocycles. The predicted molar refractivity (Wildman–Crippen MR) is 78.3 cm³/mol. The van der Waals surface area contributed by atoms with Gasteiger partial charge in [0.15, 0.2) is 0 Å². The molecule has 0 radical (unpaired) electrons. The lowest BCUT2D eigenvalue weighted by molar-refractivity contribution is -0.120. The number of carbonyl (C=O) groups excluding carboxylic acids is 1. The number of nitrogens with one attached hydrogen (secondary N) is 1. The highest BCUT2D eigenvalue weighted by molar-refractivity contribution is 5.83. The van der Waals surface area contributed by atoms with Crippen LogP contribution in [0.2, 0.25) is 0 Å². The van der Waals surface area contributed by atoms with Gasteiger partial charge in [-0.1, -0.05) is 0 Å². The molecule has 1 amide bonds. The van der Waals surface area contributed by atoms with Crippen molar-refractivity contribution in [2.75, 3.05) is 7.11 Å². The third kappa shape index (κ3) is 3.94. The van der Waals surface area contributed by atoms with E-state index in [1.54, 1.807) is 13.2 Å². The van der Waals surface area contributed by atoms with Crippen LogP contribution in [0.1, 0.15) is 12.0 Å². The number of hydrogen-bond donors (Lipinski definition) is 1. The number of benzene rings is 1. The Kier molecular flexibility index (Phi) is 4.72. The lowest BCUT2D eigenvalue weighted by atomic mass is 10.3. The summed E-state index contributed by atoms with van der Waals surface area (Å²) in [6.45, 7) is 0. The normalized spacial score (nSPS) is 10.3. The number of hydrazone groups is 1. The summed E-state index contributed by atoms with van der Waals surface area (Å²) >= 11 is 0. The highest BCUT2D eigenvalue weighted by Gasteiger charge is 1.99. The summed E-state index contributed by atoms with van der Waals surface area (Å²) in [5, 5.41) is 12.1. The van der Waals surface area contributed by atoms with Crippen molar-refractivity contribution in [2.24, 2.45) is 5.10 Å². The van der Waals surface area contributed by atoms with E-state index in [1.165, 1.54) is 6.21 Å². The molecule has 6 nitrogen and oxygen atoms in total. The number of nitrogens with zero attached hydrogens (tertiary/aromatic N) is 3. The van der Waals surface area contributed by atoms with Crippen LogP contribution in [-0.2, 0) is 4.79 Å². The molecule has 1 aromatic heterocycles. The Labute approximate surface area is 122 Å². The second-order valence-corrected chi connectivity index (χ2v) is 4.18. The molecule has 0 bridgehead atoms. The number of methoxy groups -OCH3 is 1. The molecule has 6 heteroatoms. The zero-order valence-corrected chi connectivity index (χ0v) is 11.5. The smallest absolute Gasteiger partial charge is 0.254 e. The topological polar surface area (TPSA) is 79.4 Å². The van der Waals surface area contributed by atoms with Crippen LogP contribution in [0.15, 0.2) is 47.8 Å². The first kappa shape index (κ1) is 14.3. The highest BCUT2D eigenvalue weighted by atomic mass is 16.5. The van der Waals surface area contributed by atoms with Crippen molar-refractivity contribution in [3.8, 4) is 17.5 Å². The monoisotopic (exact) mass is 282 g/mol. The van der Waals surface area contributed by atoms with E-state index in [4.69, 9.17) is 10.00 Å². The van der Waals surface area contributed by atoms with Gasteiger partial charge < -0.3 is 9.30 Å². The number of hydrogen-bond acceptors (Lipinski definition) is 4.